The second-order valence-electron chi connectivity index (χ2n) is 9.58. The van der Waals surface area contributed by atoms with E-state index in [9.17, 15) is 4.79 Å². The average Bonchev–Trinajstić information content (AvgIpc) is 3.61. The lowest BCUT2D eigenvalue weighted by molar-refractivity contribution is -0.118. The van der Waals surface area contributed by atoms with Crippen molar-refractivity contribution in [3.8, 4) is 5.75 Å². The van der Waals surface area contributed by atoms with Gasteiger partial charge in [0.1, 0.15) is 11.8 Å². The zero-order chi connectivity index (χ0) is 28.0. The van der Waals surface area contributed by atoms with Crippen molar-refractivity contribution in [1.29, 1.82) is 0 Å². The smallest absolute Gasteiger partial charge is 0.262 e. The Morgan fingerprint density at radius 2 is 1.63 bits per heavy atom. The lowest BCUT2D eigenvalue weighted by atomic mass is 10.0. The van der Waals surface area contributed by atoms with Crippen molar-refractivity contribution in [3.63, 3.8) is 0 Å². The van der Waals surface area contributed by atoms with E-state index in [-0.39, 0.29) is 24.6 Å². The molecule has 2 N–H and O–H groups in total. The first kappa shape index (κ1) is 26.2. The molecule has 4 heterocycles. The number of rotatable bonds is 9. The van der Waals surface area contributed by atoms with Crippen LogP contribution in [0.1, 0.15) is 29.2 Å². The van der Waals surface area contributed by atoms with Crippen LogP contribution in [0.15, 0.2) is 122 Å². The molecule has 1 aliphatic rings. The first-order valence-corrected chi connectivity index (χ1v) is 13.7. The van der Waals surface area contributed by atoms with Crippen molar-refractivity contribution in [2.75, 3.05) is 16.8 Å². The molecule has 9 heteroatoms. The summed E-state index contributed by atoms with van der Waals surface area (Å²) in [4.78, 5) is 23.8. The molecule has 0 saturated carbocycles. The molecule has 3 aromatic heterocycles. The summed E-state index contributed by atoms with van der Waals surface area (Å²) in [5.74, 6) is 0.412. The van der Waals surface area contributed by atoms with E-state index < -0.39 is 0 Å². The Balaban J connectivity index is 1.25. The molecule has 6 rings (SSSR count). The highest BCUT2D eigenvalue weighted by molar-refractivity contribution is 7.80. The highest BCUT2D eigenvalue weighted by atomic mass is 32.1. The van der Waals surface area contributed by atoms with Gasteiger partial charge in [-0.2, -0.15) is 0 Å². The number of benzene rings is 2. The SMILES string of the molecule is O=C(COc1ccccc1)Nc1ccc(N2C(=S)N[C@H](c3ccccn3)[C@@H]2c2cccn2Cc2ccccn2)cc1. The maximum Gasteiger partial charge on any atom is 0.262 e. The van der Waals surface area contributed by atoms with Crippen LogP contribution < -0.4 is 20.3 Å². The van der Waals surface area contributed by atoms with Gasteiger partial charge in [-0.25, -0.2) is 0 Å². The minimum absolute atomic E-state index is 0.0764. The van der Waals surface area contributed by atoms with Crippen molar-refractivity contribution in [2.45, 2.75) is 18.6 Å². The minimum Gasteiger partial charge on any atom is -0.484 e. The summed E-state index contributed by atoms with van der Waals surface area (Å²) in [6.45, 7) is 0.554. The quantitative estimate of drug-likeness (QED) is 0.230. The van der Waals surface area contributed by atoms with Crippen LogP contribution in [0.5, 0.6) is 5.75 Å². The van der Waals surface area contributed by atoms with Crippen LogP contribution in [0.2, 0.25) is 0 Å². The van der Waals surface area contributed by atoms with Crippen LogP contribution in [-0.4, -0.2) is 32.2 Å². The molecule has 1 amide bonds. The summed E-state index contributed by atoms with van der Waals surface area (Å²) in [6, 6.07) is 32.6. The summed E-state index contributed by atoms with van der Waals surface area (Å²) in [7, 11) is 0. The normalized spacial score (nSPS) is 16.3. The summed E-state index contributed by atoms with van der Waals surface area (Å²) < 4.78 is 7.77. The van der Waals surface area contributed by atoms with E-state index in [1.54, 1.807) is 6.20 Å². The lowest BCUT2D eigenvalue weighted by Gasteiger charge is -2.29. The number of hydrogen-bond acceptors (Lipinski definition) is 5. The van der Waals surface area contributed by atoms with Gasteiger partial charge in [-0.1, -0.05) is 30.3 Å². The molecule has 0 unspecified atom stereocenters. The van der Waals surface area contributed by atoms with Gasteiger partial charge in [0, 0.05) is 35.7 Å². The molecule has 1 saturated heterocycles. The van der Waals surface area contributed by atoms with Crippen molar-refractivity contribution in [3.05, 3.63) is 139 Å². The standard InChI is InChI=1S/C32H28N6O2S/c39-29(22-40-26-10-2-1-3-11-26)35-23-14-16-25(17-15-23)38-31(30(36-32(38)41)27-12-5-7-19-34-27)28-13-8-20-37(28)21-24-9-4-6-18-33-24/h1-20,30-31H,21-22H2,(H,35,39)(H,36,41)/t30-,31+/m1/s1. The molecule has 0 radical (unpaired) electrons. The number of thiocarbonyl (C=S) groups is 1. The lowest BCUT2D eigenvalue weighted by Crippen LogP contribution is -2.30. The van der Waals surface area contributed by atoms with Crippen LogP contribution in [0.25, 0.3) is 0 Å². The maximum absolute atomic E-state index is 12.5. The predicted octanol–water partition coefficient (Wildman–Crippen LogP) is 5.52. The van der Waals surface area contributed by atoms with Crippen LogP contribution in [-0.2, 0) is 11.3 Å². The second-order valence-corrected chi connectivity index (χ2v) is 9.96. The fourth-order valence-electron chi connectivity index (χ4n) is 5.01. The van der Waals surface area contributed by atoms with Gasteiger partial charge in [0.05, 0.1) is 24.0 Å². The molecular weight excluding hydrogens is 532 g/mol. The molecule has 2 aromatic carbocycles. The molecule has 41 heavy (non-hydrogen) atoms. The number of pyridine rings is 2. The molecule has 0 aliphatic carbocycles. The van der Waals surface area contributed by atoms with Gasteiger partial charge in [0.25, 0.3) is 5.91 Å². The number of para-hydroxylation sites is 1. The Bertz CT molecular complexity index is 1610. The van der Waals surface area contributed by atoms with Gasteiger partial charge in [-0.05, 0) is 85.0 Å². The van der Waals surface area contributed by atoms with Gasteiger partial charge in [0.2, 0.25) is 0 Å². The van der Waals surface area contributed by atoms with Crippen molar-refractivity contribution >= 4 is 34.6 Å². The fourth-order valence-corrected chi connectivity index (χ4v) is 5.35. The van der Waals surface area contributed by atoms with Crippen LogP contribution in [0, 0.1) is 0 Å². The van der Waals surface area contributed by atoms with E-state index in [1.165, 1.54) is 0 Å². The molecule has 5 aromatic rings. The topological polar surface area (TPSA) is 84.3 Å². The van der Waals surface area contributed by atoms with E-state index >= 15 is 0 Å². The molecule has 2 atom stereocenters. The summed E-state index contributed by atoms with van der Waals surface area (Å²) in [5, 5.41) is 7.01. The van der Waals surface area contributed by atoms with Crippen molar-refractivity contribution < 1.29 is 9.53 Å². The summed E-state index contributed by atoms with van der Waals surface area (Å²) in [6.07, 6.45) is 5.67. The first-order valence-electron chi connectivity index (χ1n) is 13.3. The van der Waals surface area contributed by atoms with Crippen LogP contribution in [0.3, 0.4) is 0 Å². The van der Waals surface area contributed by atoms with E-state index in [4.69, 9.17) is 17.0 Å². The largest absolute Gasteiger partial charge is 0.484 e. The number of carbonyl (C=O) groups excluding carboxylic acids is 1. The molecule has 8 nitrogen and oxygen atoms in total. The van der Waals surface area contributed by atoms with Crippen molar-refractivity contribution in [1.82, 2.24) is 19.9 Å². The Morgan fingerprint density at radius 3 is 2.37 bits per heavy atom. The molecule has 204 valence electrons. The van der Waals surface area contributed by atoms with Crippen LogP contribution >= 0.6 is 12.2 Å². The number of ether oxygens (including phenoxy) is 1. The maximum atomic E-state index is 12.5. The summed E-state index contributed by atoms with van der Waals surface area (Å²) >= 11 is 5.89. The van der Waals surface area contributed by atoms with Gasteiger partial charge < -0.3 is 24.8 Å². The Morgan fingerprint density at radius 1 is 0.878 bits per heavy atom. The molecule has 0 spiro atoms. The third-order valence-corrected chi connectivity index (χ3v) is 7.18. The number of hydrogen-bond donors (Lipinski definition) is 2. The van der Waals surface area contributed by atoms with E-state index in [2.05, 4.69) is 42.3 Å². The number of anilines is 2. The zero-order valence-corrected chi connectivity index (χ0v) is 22.9. The van der Waals surface area contributed by atoms with Gasteiger partial charge >= 0.3 is 0 Å². The third-order valence-electron chi connectivity index (χ3n) is 6.87. The molecular formula is C32H28N6O2S. The van der Waals surface area contributed by atoms with E-state index in [0.717, 1.165) is 22.8 Å². The van der Waals surface area contributed by atoms with Crippen LogP contribution in [0.4, 0.5) is 11.4 Å². The monoisotopic (exact) mass is 560 g/mol. The minimum atomic E-state index is -0.236. The highest BCUT2D eigenvalue weighted by Gasteiger charge is 2.42. The third kappa shape index (κ3) is 5.95. The number of nitrogens with zero attached hydrogens (tertiary/aromatic N) is 4. The highest BCUT2D eigenvalue weighted by Crippen LogP contribution is 2.42. The van der Waals surface area contributed by atoms with E-state index in [0.29, 0.717) is 23.1 Å². The summed E-state index contributed by atoms with van der Waals surface area (Å²) in [5.41, 5.74) is 4.51. The van der Waals surface area contributed by atoms with Gasteiger partial charge in [-0.15, -0.1) is 0 Å². The molecule has 1 aliphatic heterocycles. The number of carbonyl (C=O) groups is 1. The number of aromatic nitrogens is 3. The van der Waals surface area contributed by atoms with Crippen molar-refractivity contribution in [2.24, 2.45) is 0 Å². The Hall–Kier alpha value is -5.02. The second kappa shape index (κ2) is 12.0. The Kier molecular flexibility index (Phi) is 7.68. The fraction of sp³-hybridized carbons (Fsp3) is 0.125. The van der Waals surface area contributed by atoms with E-state index in [1.807, 2.05) is 103 Å². The Labute approximate surface area is 243 Å². The average molecular weight is 561 g/mol. The van der Waals surface area contributed by atoms with Gasteiger partial charge in [0.15, 0.2) is 11.7 Å². The number of nitrogens with one attached hydrogen (secondary N) is 2. The number of amides is 1. The molecule has 1 fully saturated rings. The van der Waals surface area contributed by atoms with Gasteiger partial charge in [-0.3, -0.25) is 14.8 Å². The first-order chi connectivity index (χ1) is 20.2. The molecule has 0 bridgehead atoms. The zero-order valence-electron chi connectivity index (χ0n) is 22.1. The predicted molar refractivity (Wildman–Crippen MR) is 163 cm³/mol.